The highest BCUT2D eigenvalue weighted by Crippen LogP contribution is 2.18. The normalized spacial score (nSPS) is 14.7. The number of rotatable bonds is 3. The summed E-state index contributed by atoms with van der Waals surface area (Å²) in [5, 5.41) is 3.22. The molecule has 1 aliphatic heterocycles. The SMILES string of the molecule is Cc1ccc(OCC(=O)N2CCNCC2)c(C)c1.Cl. The second-order valence-electron chi connectivity index (χ2n) is 4.69. The lowest BCUT2D eigenvalue weighted by atomic mass is 10.1. The molecule has 106 valence electrons. The van der Waals surface area contributed by atoms with Crippen LogP contribution in [0.5, 0.6) is 5.75 Å². The van der Waals surface area contributed by atoms with Crippen molar-refractivity contribution in [2.75, 3.05) is 32.8 Å². The Hall–Kier alpha value is -1.26. The molecule has 0 spiro atoms. The minimum atomic E-state index is 0. The third kappa shape index (κ3) is 4.40. The van der Waals surface area contributed by atoms with Crippen molar-refractivity contribution in [2.24, 2.45) is 0 Å². The zero-order chi connectivity index (χ0) is 13.0. The Labute approximate surface area is 120 Å². The molecule has 1 amide bonds. The van der Waals surface area contributed by atoms with Crippen molar-refractivity contribution >= 4 is 18.3 Å². The molecule has 1 aliphatic rings. The quantitative estimate of drug-likeness (QED) is 0.915. The number of amides is 1. The smallest absolute Gasteiger partial charge is 0.260 e. The van der Waals surface area contributed by atoms with Gasteiger partial charge in [-0.15, -0.1) is 12.4 Å². The lowest BCUT2D eigenvalue weighted by molar-refractivity contribution is -0.133. The lowest BCUT2D eigenvalue weighted by Gasteiger charge is -2.27. The predicted octanol–water partition coefficient (Wildman–Crippen LogP) is 1.54. The molecule has 0 radical (unpaired) electrons. The third-order valence-corrected chi connectivity index (χ3v) is 3.15. The zero-order valence-corrected chi connectivity index (χ0v) is 12.3. The highest BCUT2D eigenvalue weighted by Gasteiger charge is 2.16. The van der Waals surface area contributed by atoms with Gasteiger partial charge in [-0.05, 0) is 25.5 Å². The first-order chi connectivity index (χ1) is 8.66. The van der Waals surface area contributed by atoms with E-state index in [2.05, 4.69) is 11.4 Å². The highest BCUT2D eigenvalue weighted by molar-refractivity contribution is 5.85. The summed E-state index contributed by atoms with van der Waals surface area (Å²) in [5.74, 6) is 0.862. The van der Waals surface area contributed by atoms with Crippen LogP contribution in [0.25, 0.3) is 0 Å². The molecule has 1 aromatic carbocycles. The number of nitrogens with one attached hydrogen (secondary N) is 1. The number of ether oxygens (including phenoxy) is 1. The molecule has 1 N–H and O–H groups in total. The summed E-state index contributed by atoms with van der Waals surface area (Å²) in [4.78, 5) is 13.8. The van der Waals surface area contributed by atoms with Crippen LogP contribution in [0, 0.1) is 13.8 Å². The topological polar surface area (TPSA) is 41.6 Å². The number of aryl methyl sites for hydroxylation is 2. The molecule has 5 heteroatoms. The Bertz CT molecular complexity index is 431. The van der Waals surface area contributed by atoms with Gasteiger partial charge in [0.25, 0.3) is 5.91 Å². The van der Waals surface area contributed by atoms with Gasteiger partial charge in [-0.2, -0.15) is 0 Å². The van der Waals surface area contributed by atoms with Crippen molar-refractivity contribution in [1.29, 1.82) is 0 Å². The molecule has 0 atom stereocenters. The molecule has 19 heavy (non-hydrogen) atoms. The Morgan fingerprint density at radius 3 is 2.63 bits per heavy atom. The Balaban J connectivity index is 0.00000180. The first kappa shape index (κ1) is 15.8. The molecule has 0 bridgehead atoms. The molecule has 0 unspecified atom stereocenters. The maximum atomic E-state index is 11.9. The maximum Gasteiger partial charge on any atom is 0.260 e. The van der Waals surface area contributed by atoms with E-state index in [9.17, 15) is 4.79 Å². The van der Waals surface area contributed by atoms with Crippen molar-refractivity contribution in [3.63, 3.8) is 0 Å². The van der Waals surface area contributed by atoms with E-state index >= 15 is 0 Å². The standard InChI is InChI=1S/C14H20N2O2.ClH/c1-11-3-4-13(12(2)9-11)18-10-14(17)16-7-5-15-6-8-16;/h3-4,9,15H,5-8,10H2,1-2H3;1H. The molecular weight excluding hydrogens is 264 g/mol. The monoisotopic (exact) mass is 284 g/mol. The highest BCUT2D eigenvalue weighted by atomic mass is 35.5. The van der Waals surface area contributed by atoms with Gasteiger partial charge < -0.3 is 15.0 Å². The molecule has 1 aromatic rings. The number of piperazine rings is 1. The van der Waals surface area contributed by atoms with Crippen LogP contribution >= 0.6 is 12.4 Å². The van der Waals surface area contributed by atoms with E-state index in [0.29, 0.717) is 0 Å². The largest absolute Gasteiger partial charge is 0.484 e. The number of hydrogen-bond acceptors (Lipinski definition) is 3. The maximum absolute atomic E-state index is 11.9. The fourth-order valence-electron chi connectivity index (χ4n) is 2.11. The van der Waals surface area contributed by atoms with E-state index in [1.807, 2.05) is 30.9 Å². The number of hydrogen-bond donors (Lipinski definition) is 1. The Kier molecular flexibility index (Phi) is 6.12. The minimum Gasteiger partial charge on any atom is -0.484 e. The van der Waals surface area contributed by atoms with Gasteiger partial charge in [-0.25, -0.2) is 0 Å². The summed E-state index contributed by atoms with van der Waals surface area (Å²) in [6.07, 6.45) is 0. The number of carbonyl (C=O) groups is 1. The van der Waals surface area contributed by atoms with E-state index in [0.717, 1.165) is 37.5 Å². The van der Waals surface area contributed by atoms with Gasteiger partial charge in [0.1, 0.15) is 5.75 Å². The molecule has 1 heterocycles. The lowest BCUT2D eigenvalue weighted by Crippen LogP contribution is -2.47. The summed E-state index contributed by atoms with van der Waals surface area (Å²) in [7, 11) is 0. The zero-order valence-electron chi connectivity index (χ0n) is 11.4. The number of carbonyl (C=O) groups excluding carboxylic acids is 1. The molecule has 1 saturated heterocycles. The molecule has 2 rings (SSSR count). The summed E-state index contributed by atoms with van der Waals surface area (Å²) in [6.45, 7) is 7.46. The molecular formula is C14H21ClN2O2. The summed E-state index contributed by atoms with van der Waals surface area (Å²) in [5.41, 5.74) is 2.27. The van der Waals surface area contributed by atoms with E-state index in [4.69, 9.17) is 4.74 Å². The van der Waals surface area contributed by atoms with Gasteiger partial charge in [0.15, 0.2) is 6.61 Å². The van der Waals surface area contributed by atoms with E-state index in [1.165, 1.54) is 5.56 Å². The van der Waals surface area contributed by atoms with Gasteiger partial charge in [-0.3, -0.25) is 4.79 Å². The fourth-order valence-corrected chi connectivity index (χ4v) is 2.11. The van der Waals surface area contributed by atoms with Gasteiger partial charge in [-0.1, -0.05) is 17.7 Å². The van der Waals surface area contributed by atoms with Crippen LogP contribution in [-0.4, -0.2) is 43.6 Å². The molecule has 0 aliphatic carbocycles. The molecule has 0 saturated carbocycles. The first-order valence-corrected chi connectivity index (χ1v) is 6.35. The van der Waals surface area contributed by atoms with Gasteiger partial charge in [0, 0.05) is 26.2 Å². The van der Waals surface area contributed by atoms with Crippen molar-refractivity contribution < 1.29 is 9.53 Å². The molecule has 4 nitrogen and oxygen atoms in total. The van der Waals surface area contributed by atoms with Crippen LogP contribution in [0.4, 0.5) is 0 Å². The second-order valence-corrected chi connectivity index (χ2v) is 4.69. The average molecular weight is 285 g/mol. The van der Waals surface area contributed by atoms with Crippen molar-refractivity contribution in [3.05, 3.63) is 29.3 Å². The fraction of sp³-hybridized carbons (Fsp3) is 0.500. The molecule has 1 fully saturated rings. The van der Waals surface area contributed by atoms with Crippen LogP contribution in [-0.2, 0) is 4.79 Å². The Morgan fingerprint density at radius 2 is 2.00 bits per heavy atom. The predicted molar refractivity (Wildman–Crippen MR) is 78.1 cm³/mol. The van der Waals surface area contributed by atoms with E-state index in [-0.39, 0.29) is 24.9 Å². The van der Waals surface area contributed by atoms with Gasteiger partial charge >= 0.3 is 0 Å². The second kappa shape index (κ2) is 7.36. The van der Waals surface area contributed by atoms with E-state index in [1.54, 1.807) is 0 Å². The van der Waals surface area contributed by atoms with E-state index < -0.39 is 0 Å². The summed E-state index contributed by atoms with van der Waals surface area (Å²) < 4.78 is 5.60. The summed E-state index contributed by atoms with van der Waals surface area (Å²) in [6, 6.07) is 5.98. The van der Waals surface area contributed by atoms with Crippen LogP contribution in [0.15, 0.2) is 18.2 Å². The van der Waals surface area contributed by atoms with Crippen molar-refractivity contribution in [3.8, 4) is 5.75 Å². The number of halogens is 1. The number of benzene rings is 1. The van der Waals surface area contributed by atoms with Crippen LogP contribution in [0.3, 0.4) is 0 Å². The van der Waals surface area contributed by atoms with Crippen LogP contribution < -0.4 is 10.1 Å². The minimum absolute atomic E-state index is 0. The van der Waals surface area contributed by atoms with Gasteiger partial charge in [0.05, 0.1) is 0 Å². The van der Waals surface area contributed by atoms with Crippen molar-refractivity contribution in [1.82, 2.24) is 10.2 Å². The summed E-state index contributed by atoms with van der Waals surface area (Å²) >= 11 is 0. The Morgan fingerprint density at radius 1 is 1.32 bits per heavy atom. The first-order valence-electron chi connectivity index (χ1n) is 6.35. The van der Waals surface area contributed by atoms with Gasteiger partial charge in [0.2, 0.25) is 0 Å². The molecule has 0 aromatic heterocycles. The third-order valence-electron chi connectivity index (χ3n) is 3.15. The van der Waals surface area contributed by atoms with Crippen LogP contribution in [0.2, 0.25) is 0 Å². The van der Waals surface area contributed by atoms with Crippen LogP contribution in [0.1, 0.15) is 11.1 Å². The average Bonchev–Trinajstić information content (AvgIpc) is 2.38. The number of nitrogens with zero attached hydrogens (tertiary/aromatic N) is 1. The van der Waals surface area contributed by atoms with Crippen molar-refractivity contribution in [2.45, 2.75) is 13.8 Å².